The maximum Gasteiger partial charge on any atom is 0.340 e. The van der Waals surface area contributed by atoms with Crippen LogP contribution in [0.1, 0.15) is 15.9 Å². The molecular formula is C15H15FN2O3. The van der Waals surface area contributed by atoms with Crippen LogP contribution in [-0.2, 0) is 4.74 Å². The Hall–Kier alpha value is -2.76. The fourth-order valence-electron chi connectivity index (χ4n) is 1.90. The van der Waals surface area contributed by atoms with Crippen molar-refractivity contribution in [2.75, 3.05) is 18.2 Å². The van der Waals surface area contributed by atoms with Crippen molar-refractivity contribution in [2.24, 2.45) is 0 Å². The zero-order chi connectivity index (χ0) is 15.6. The Morgan fingerprint density at radius 1 is 1.38 bits per heavy atom. The minimum Gasteiger partial charge on any atom is -0.503 e. The Labute approximate surface area is 121 Å². The third-order valence-electron chi connectivity index (χ3n) is 3.08. The number of ether oxygens (including phenoxy) is 1. The number of nitrogen functional groups attached to an aromatic ring is 1. The van der Waals surface area contributed by atoms with Crippen LogP contribution in [0.25, 0.3) is 0 Å². The van der Waals surface area contributed by atoms with Crippen LogP contribution in [0.2, 0.25) is 0 Å². The molecule has 2 aromatic carbocycles. The van der Waals surface area contributed by atoms with Gasteiger partial charge >= 0.3 is 5.97 Å². The number of esters is 1. The first-order chi connectivity index (χ1) is 9.95. The first kappa shape index (κ1) is 14.6. The van der Waals surface area contributed by atoms with Crippen LogP contribution in [0.5, 0.6) is 5.75 Å². The summed E-state index contributed by atoms with van der Waals surface area (Å²) in [5.41, 5.74) is 6.43. The normalized spacial score (nSPS) is 10.2. The summed E-state index contributed by atoms with van der Waals surface area (Å²) in [6, 6.07) is 8.32. The van der Waals surface area contributed by atoms with E-state index >= 15 is 0 Å². The quantitative estimate of drug-likeness (QED) is 0.460. The Balaban J connectivity index is 2.59. The number of aromatic hydroxyl groups is 1. The molecule has 0 bridgehead atoms. The topological polar surface area (TPSA) is 84.6 Å². The fourth-order valence-corrected chi connectivity index (χ4v) is 1.90. The van der Waals surface area contributed by atoms with Gasteiger partial charge in [0.2, 0.25) is 0 Å². The number of carbonyl (C=O) groups is 1. The van der Waals surface area contributed by atoms with Gasteiger partial charge < -0.3 is 20.9 Å². The molecule has 0 aliphatic rings. The summed E-state index contributed by atoms with van der Waals surface area (Å²) in [7, 11) is 1.18. The predicted octanol–water partition coefficient (Wildman–Crippen LogP) is 2.95. The van der Waals surface area contributed by atoms with E-state index in [-0.39, 0.29) is 16.9 Å². The Kier molecular flexibility index (Phi) is 3.98. The van der Waals surface area contributed by atoms with Crippen molar-refractivity contribution < 1.29 is 19.0 Å². The number of aryl methyl sites for hydroxylation is 1. The lowest BCUT2D eigenvalue weighted by molar-refractivity contribution is 0.0601. The molecule has 0 fully saturated rings. The second-order valence-electron chi connectivity index (χ2n) is 4.48. The summed E-state index contributed by atoms with van der Waals surface area (Å²) < 4.78 is 18.8. The van der Waals surface area contributed by atoms with Gasteiger partial charge in [-0.1, -0.05) is 18.2 Å². The van der Waals surface area contributed by atoms with Gasteiger partial charge in [0.1, 0.15) is 0 Å². The average molecular weight is 290 g/mol. The highest BCUT2D eigenvalue weighted by Gasteiger charge is 2.22. The summed E-state index contributed by atoms with van der Waals surface area (Å²) in [4.78, 5) is 11.8. The molecule has 0 unspecified atom stereocenters. The number of methoxy groups -OCH3 is 1. The molecule has 0 aromatic heterocycles. The van der Waals surface area contributed by atoms with Gasteiger partial charge in [0, 0.05) is 5.69 Å². The molecule has 0 radical (unpaired) electrons. The summed E-state index contributed by atoms with van der Waals surface area (Å²) in [5, 5.41) is 12.4. The van der Waals surface area contributed by atoms with Crippen LogP contribution in [0.4, 0.5) is 21.5 Å². The van der Waals surface area contributed by atoms with E-state index in [4.69, 9.17) is 5.73 Å². The van der Waals surface area contributed by atoms with Gasteiger partial charge in [-0.25, -0.2) is 9.18 Å². The largest absolute Gasteiger partial charge is 0.503 e. The molecule has 2 aromatic rings. The SMILES string of the molecule is COC(=O)c1cc(N)c(O)c(F)c1Nc1ccccc1C. The molecular weight excluding hydrogens is 275 g/mol. The highest BCUT2D eigenvalue weighted by atomic mass is 19.1. The first-order valence-corrected chi connectivity index (χ1v) is 6.17. The lowest BCUT2D eigenvalue weighted by atomic mass is 10.1. The van der Waals surface area contributed by atoms with Crippen molar-refractivity contribution in [1.29, 1.82) is 0 Å². The summed E-state index contributed by atoms with van der Waals surface area (Å²) in [5.74, 6) is -2.46. The molecule has 110 valence electrons. The van der Waals surface area contributed by atoms with Gasteiger partial charge in [0.25, 0.3) is 0 Å². The minimum atomic E-state index is -1.00. The number of nitrogens with two attached hydrogens (primary N) is 1. The average Bonchev–Trinajstić information content (AvgIpc) is 2.48. The van der Waals surface area contributed by atoms with Gasteiger partial charge in [-0.05, 0) is 24.6 Å². The first-order valence-electron chi connectivity index (χ1n) is 6.17. The molecule has 5 nitrogen and oxygen atoms in total. The van der Waals surface area contributed by atoms with Crippen LogP contribution < -0.4 is 11.1 Å². The lowest BCUT2D eigenvalue weighted by Crippen LogP contribution is -2.09. The van der Waals surface area contributed by atoms with Crippen molar-refractivity contribution in [1.82, 2.24) is 0 Å². The summed E-state index contributed by atoms with van der Waals surface area (Å²) in [6.45, 7) is 1.83. The number of benzene rings is 2. The Morgan fingerprint density at radius 3 is 2.67 bits per heavy atom. The molecule has 0 aliphatic heterocycles. The monoisotopic (exact) mass is 290 g/mol. The van der Waals surface area contributed by atoms with Crippen molar-refractivity contribution in [3.63, 3.8) is 0 Å². The number of anilines is 3. The molecule has 0 heterocycles. The molecule has 6 heteroatoms. The molecule has 0 atom stereocenters. The molecule has 0 saturated heterocycles. The van der Waals surface area contributed by atoms with Crippen LogP contribution >= 0.6 is 0 Å². The van der Waals surface area contributed by atoms with Gasteiger partial charge in [0.15, 0.2) is 11.6 Å². The van der Waals surface area contributed by atoms with E-state index in [9.17, 15) is 14.3 Å². The number of phenolic OH excluding ortho intramolecular Hbond substituents is 1. The van der Waals surface area contributed by atoms with Crippen LogP contribution in [0.3, 0.4) is 0 Å². The number of hydrogen-bond donors (Lipinski definition) is 3. The van der Waals surface area contributed by atoms with Crippen molar-refractivity contribution in [3.05, 3.63) is 47.3 Å². The second-order valence-corrected chi connectivity index (χ2v) is 4.48. The number of halogens is 1. The summed E-state index contributed by atoms with van der Waals surface area (Å²) in [6.07, 6.45) is 0. The van der Waals surface area contributed by atoms with Crippen molar-refractivity contribution in [3.8, 4) is 5.75 Å². The van der Waals surface area contributed by atoms with E-state index in [1.165, 1.54) is 13.2 Å². The summed E-state index contributed by atoms with van der Waals surface area (Å²) >= 11 is 0. The Bertz CT molecular complexity index is 702. The van der Waals surface area contributed by atoms with Crippen molar-refractivity contribution in [2.45, 2.75) is 6.92 Å². The van der Waals surface area contributed by atoms with E-state index in [2.05, 4.69) is 10.1 Å². The fraction of sp³-hybridized carbons (Fsp3) is 0.133. The number of nitrogens with one attached hydrogen (secondary N) is 1. The number of hydrogen-bond acceptors (Lipinski definition) is 5. The van der Waals surface area contributed by atoms with E-state index in [0.717, 1.165) is 5.56 Å². The molecule has 4 N–H and O–H groups in total. The lowest BCUT2D eigenvalue weighted by Gasteiger charge is -2.15. The molecule has 0 aliphatic carbocycles. The molecule has 21 heavy (non-hydrogen) atoms. The highest BCUT2D eigenvalue weighted by molar-refractivity contribution is 5.98. The van der Waals surface area contributed by atoms with E-state index in [1.807, 2.05) is 19.1 Å². The van der Waals surface area contributed by atoms with Crippen LogP contribution in [-0.4, -0.2) is 18.2 Å². The third-order valence-corrected chi connectivity index (χ3v) is 3.08. The maximum absolute atomic E-state index is 14.2. The molecule has 0 saturated carbocycles. The number of para-hydroxylation sites is 1. The minimum absolute atomic E-state index is 0.0893. The third kappa shape index (κ3) is 2.74. The number of rotatable bonds is 3. The van der Waals surface area contributed by atoms with Crippen molar-refractivity contribution >= 4 is 23.0 Å². The predicted molar refractivity (Wildman–Crippen MR) is 78.3 cm³/mol. The van der Waals surface area contributed by atoms with Gasteiger partial charge in [0.05, 0.1) is 24.0 Å². The molecule has 0 amide bonds. The zero-order valence-electron chi connectivity index (χ0n) is 11.6. The van der Waals surface area contributed by atoms with Gasteiger partial charge in [-0.3, -0.25) is 0 Å². The number of phenols is 1. The zero-order valence-corrected chi connectivity index (χ0v) is 11.6. The van der Waals surface area contributed by atoms with Gasteiger partial charge in [-0.2, -0.15) is 0 Å². The maximum atomic E-state index is 14.2. The van der Waals surface area contributed by atoms with Crippen LogP contribution in [0, 0.1) is 12.7 Å². The van der Waals surface area contributed by atoms with E-state index in [1.54, 1.807) is 12.1 Å². The molecule has 0 spiro atoms. The second kappa shape index (κ2) is 5.70. The smallest absolute Gasteiger partial charge is 0.340 e. The standard InChI is InChI=1S/C15H15FN2O3/c1-8-5-3-4-6-11(8)18-13-9(15(20)21-2)7-10(17)14(19)12(13)16/h3-7,18-19H,17H2,1-2H3. The van der Waals surface area contributed by atoms with Crippen LogP contribution in [0.15, 0.2) is 30.3 Å². The van der Waals surface area contributed by atoms with E-state index < -0.39 is 17.5 Å². The Morgan fingerprint density at radius 2 is 2.05 bits per heavy atom. The highest BCUT2D eigenvalue weighted by Crippen LogP contribution is 2.35. The number of carbonyl (C=O) groups excluding carboxylic acids is 1. The molecule has 2 rings (SSSR count). The van der Waals surface area contributed by atoms with E-state index in [0.29, 0.717) is 5.69 Å². The van der Waals surface area contributed by atoms with Gasteiger partial charge in [-0.15, -0.1) is 0 Å².